The van der Waals surface area contributed by atoms with Gasteiger partial charge in [0.1, 0.15) is 11.5 Å². The molecule has 0 aliphatic rings. The number of rotatable bonds is 7. The SMILES string of the molecule is CCC(NC(=O)C(C)Oc1ccccc1)c1ccc(OC)cc1. The van der Waals surface area contributed by atoms with Crippen LogP contribution in [0.1, 0.15) is 31.9 Å². The van der Waals surface area contributed by atoms with E-state index < -0.39 is 6.10 Å². The molecule has 1 N–H and O–H groups in total. The molecular weight excluding hydrogens is 290 g/mol. The molecule has 23 heavy (non-hydrogen) atoms. The lowest BCUT2D eigenvalue weighted by atomic mass is 10.0. The van der Waals surface area contributed by atoms with Crippen molar-refractivity contribution in [2.24, 2.45) is 0 Å². The summed E-state index contributed by atoms with van der Waals surface area (Å²) in [7, 11) is 1.64. The molecule has 4 nitrogen and oxygen atoms in total. The number of benzene rings is 2. The third kappa shape index (κ3) is 4.74. The van der Waals surface area contributed by atoms with Crippen LogP contribution in [0.5, 0.6) is 11.5 Å². The third-order valence-corrected chi connectivity index (χ3v) is 3.67. The maximum Gasteiger partial charge on any atom is 0.261 e. The van der Waals surface area contributed by atoms with E-state index in [0.29, 0.717) is 5.75 Å². The minimum Gasteiger partial charge on any atom is -0.497 e. The van der Waals surface area contributed by atoms with Gasteiger partial charge in [-0.15, -0.1) is 0 Å². The van der Waals surface area contributed by atoms with Gasteiger partial charge in [-0.3, -0.25) is 4.79 Å². The summed E-state index contributed by atoms with van der Waals surface area (Å²) in [5.41, 5.74) is 1.05. The molecule has 0 fully saturated rings. The van der Waals surface area contributed by atoms with Crippen molar-refractivity contribution in [1.29, 1.82) is 0 Å². The Labute approximate surface area is 137 Å². The Morgan fingerprint density at radius 1 is 1.04 bits per heavy atom. The van der Waals surface area contributed by atoms with E-state index in [2.05, 4.69) is 5.32 Å². The Kier molecular flexibility index (Phi) is 6.03. The van der Waals surface area contributed by atoms with Gasteiger partial charge < -0.3 is 14.8 Å². The lowest BCUT2D eigenvalue weighted by Crippen LogP contribution is -2.38. The molecule has 0 saturated heterocycles. The van der Waals surface area contributed by atoms with Crippen LogP contribution < -0.4 is 14.8 Å². The third-order valence-electron chi connectivity index (χ3n) is 3.67. The van der Waals surface area contributed by atoms with E-state index in [1.165, 1.54) is 0 Å². The zero-order valence-corrected chi connectivity index (χ0v) is 13.8. The number of hydrogen-bond donors (Lipinski definition) is 1. The molecule has 122 valence electrons. The molecule has 0 bridgehead atoms. The van der Waals surface area contributed by atoms with Crippen LogP contribution in [0.2, 0.25) is 0 Å². The van der Waals surface area contributed by atoms with Gasteiger partial charge in [-0.2, -0.15) is 0 Å². The fourth-order valence-electron chi connectivity index (χ4n) is 2.30. The Balaban J connectivity index is 1.98. The molecule has 0 aromatic heterocycles. The number of para-hydroxylation sites is 1. The first-order chi connectivity index (χ1) is 11.1. The Morgan fingerprint density at radius 3 is 2.26 bits per heavy atom. The van der Waals surface area contributed by atoms with Crippen LogP contribution in [-0.2, 0) is 4.79 Å². The number of methoxy groups -OCH3 is 1. The lowest BCUT2D eigenvalue weighted by molar-refractivity contribution is -0.128. The molecular formula is C19H23NO3. The molecule has 0 aliphatic carbocycles. The van der Waals surface area contributed by atoms with Crippen molar-refractivity contribution in [1.82, 2.24) is 5.32 Å². The minimum atomic E-state index is -0.551. The topological polar surface area (TPSA) is 47.6 Å². The molecule has 2 unspecified atom stereocenters. The molecule has 2 aromatic carbocycles. The molecule has 2 aromatic rings. The van der Waals surface area contributed by atoms with Gasteiger partial charge in [-0.1, -0.05) is 37.3 Å². The molecule has 2 atom stereocenters. The Bertz CT molecular complexity index is 610. The van der Waals surface area contributed by atoms with Crippen LogP contribution in [-0.4, -0.2) is 19.1 Å². The van der Waals surface area contributed by atoms with Crippen LogP contribution in [0.15, 0.2) is 54.6 Å². The quantitative estimate of drug-likeness (QED) is 0.847. The van der Waals surface area contributed by atoms with E-state index in [9.17, 15) is 4.79 Å². The predicted molar refractivity (Wildman–Crippen MR) is 90.7 cm³/mol. The van der Waals surface area contributed by atoms with Crippen molar-refractivity contribution in [3.8, 4) is 11.5 Å². The Morgan fingerprint density at radius 2 is 1.70 bits per heavy atom. The normalized spacial score (nSPS) is 13.0. The average molecular weight is 313 g/mol. The van der Waals surface area contributed by atoms with Gasteiger partial charge in [0, 0.05) is 0 Å². The van der Waals surface area contributed by atoms with Crippen molar-refractivity contribution in [2.45, 2.75) is 32.4 Å². The summed E-state index contributed by atoms with van der Waals surface area (Å²) in [5.74, 6) is 1.36. The highest BCUT2D eigenvalue weighted by molar-refractivity contribution is 5.81. The smallest absolute Gasteiger partial charge is 0.261 e. The largest absolute Gasteiger partial charge is 0.497 e. The number of nitrogens with one attached hydrogen (secondary N) is 1. The molecule has 0 spiro atoms. The van der Waals surface area contributed by atoms with E-state index in [0.717, 1.165) is 17.7 Å². The van der Waals surface area contributed by atoms with Crippen molar-refractivity contribution < 1.29 is 14.3 Å². The number of ether oxygens (including phenoxy) is 2. The van der Waals surface area contributed by atoms with Crippen molar-refractivity contribution in [2.75, 3.05) is 7.11 Å². The summed E-state index contributed by atoms with van der Waals surface area (Å²) in [6.45, 7) is 3.79. The van der Waals surface area contributed by atoms with Crippen molar-refractivity contribution >= 4 is 5.91 Å². The van der Waals surface area contributed by atoms with Crippen LogP contribution in [0.3, 0.4) is 0 Å². The van der Waals surface area contributed by atoms with Gasteiger partial charge in [0.15, 0.2) is 6.10 Å². The fourth-order valence-corrected chi connectivity index (χ4v) is 2.30. The summed E-state index contributed by atoms with van der Waals surface area (Å²) < 4.78 is 10.8. The van der Waals surface area contributed by atoms with Crippen LogP contribution >= 0.6 is 0 Å². The van der Waals surface area contributed by atoms with E-state index in [1.807, 2.05) is 61.5 Å². The molecule has 4 heteroatoms. The van der Waals surface area contributed by atoms with E-state index in [-0.39, 0.29) is 11.9 Å². The standard InChI is InChI=1S/C19H23NO3/c1-4-18(15-10-12-16(22-3)13-11-15)20-19(21)14(2)23-17-8-6-5-7-9-17/h5-14,18H,4H2,1-3H3,(H,20,21). The second-order valence-electron chi connectivity index (χ2n) is 5.32. The minimum absolute atomic E-state index is 0.0461. The van der Waals surface area contributed by atoms with Gasteiger partial charge >= 0.3 is 0 Å². The molecule has 0 radical (unpaired) electrons. The number of carbonyl (C=O) groups is 1. The van der Waals surface area contributed by atoms with Gasteiger partial charge in [0.05, 0.1) is 13.2 Å². The highest BCUT2D eigenvalue weighted by Gasteiger charge is 2.19. The molecule has 0 saturated carbocycles. The van der Waals surface area contributed by atoms with Crippen molar-refractivity contribution in [3.05, 3.63) is 60.2 Å². The molecule has 2 rings (SSSR count). The highest BCUT2D eigenvalue weighted by atomic mass is 16.5. The fraction of sp³-hybridized carbons (Fsp3) is 0.316. The predicted octanol–water partition coefficient (Wildman–Crippen LogP) is 3.73. The molecule has 0 aliphatic heterocycles. The summed E-state index contributed by atoms with van der Waals surface area (Å²) in [4.78, 5) is 12.4. The first-order valence-electron chi connectivity index (χ1n) is 7.80. The van der Waals surface area contributed by atoms with Gasteiger partial charge in [-0.05, 0) is 43.2 Å². The molecule has 0 heterocycles. The second-order valence-corrected chi connectivity index (χ2v) is 5.32. The van der Waals surface area contributed by atoms with Crippen LogP contribution in [0, 0.1) is 0 Å². The van der Waals surface area contributed by atoms with Gasteiger partial charge in [0.2, 0.25) is 0 Å². The van der Waals surface area contributed by atoms with E-state index in [1.54, 1.807) is 14.0 Å². The first-order valence-corrected chi connectivity index (χ1v) is 7.80. The number of hydrogen-bond acceptors (Lipinski definition) is 3. The first kappa shape index (κ1) is 16.9. The van der Waals surface area contributed by atoms with Crippen LogP contribution in [0.25, 0.3) is 0 Å². The van der Waals surface area contributed by atoms with E-state index >= 15 is 0 Å². The summed E-state index contributed by atoms with van der Waals surface area (Å²) >= 11 is 0. The number of amides is 1. The lowest BCUT2D eigenvalue weighted by Gasteiger charge is -2.21. The summed E-state index contributed by atoms with van der Waals surface area (Å²) in [6.07, 6.45) is 0.251. The van der Waals surface area contributed by atoms with E-state index in [4.69, 9.17) is 9.47 Å². The monoisotopic (exact) mass is 313 g/mol. The van der Waals surface area contributed by atoms with Crippen LogP contribution in [0.4, 0.5) is 0 Å². The maximum absolute atomic E-state index is 12.4. The average Bonchev–Trinajstić information content (AvgIpc) is 2.60. The molecule has 1 amide bonds. The Hall–Kier alpha value is -2.49. The highest BCUT2D eigenvalue weighted by Crippen LogP contribution is 2.20. The zero-order chi connectivity index (χ0) is 16.7. The number of carbonyl (C=O) groups excluding carboxylic acids is 1. The zero-order valence-electron chi connectivity index (χ0n) is 13.8. The van der Waals surface area contributed by atoms with Gasteiger partial charge in [0.25, 0.3) is 5.91 Å². The summed E-state index contributed by atoms with van der Waals surface area (Å²) in [6, 6.07) is 17.0. The maximum atomic E-state index is 12.4. The second kappa shape index (κ2) is 8.22. The summed E-state index contributed by atoms with van der Waals surface area (Å²) in [5, 5.41) is 3.04. The van der Waals surface area contributed by atoms with Gasteiger partial charge in [-0.25, -0.2) is 0 Å². The van der Waals surface area contributed by atoms with Crippen molar-refractivity contribution in [3.63, 3.8) is 0 Å².